The monoisotopic (exact) mass is 416 g/mol. The largest absolute Gasteiger partial charge is 0.756 e. The van der Waals surface area contributed by atoms with Gasteiger partial charge in [-0.05, 0) is 17.7 Å². The van der Waals surface area contributed by atoms with Gasteiger partial charge in [-0.15, -0.1) is 6.42 Å². The van der Waals surface area contributed by atoms with Crippen molar-refractivity contribution in [1.82, 2.24) is 10.1 Å². The van der Waals surface area contributed by atoms with Crippen molar-refractivity contribution >= 4 is 13.6 Å². The number of aromatic nitrogens is 3. The molecule has 150 valence electrons. The Balaban J connectivity index is 1.73. The van der Waals surface area contributed by atoms with Crippen molar-refractivity contribution < 1.29 is 32.7 Å². The number of terminal acetylenes is 1. The molecule has 0 radical (unpaired) electrons. The van der Waals surface area contributed by atoms with Crippen LogP contribution in [0.25, 0.3) is 11.3 Å². The SMILES string of the molecule is C#CCOc1ccc(Cc2cc(-c3ccc[n+](COP(=O)([O-])O)c3N)on2)cn1. The smallest absolute Gasteiger partial charge is 0.285 e. The first-order valence-electron chi connectivity index (χ1n) is 8.29. The molecule has 10 nitrogen and oxygen atoms in total. The number of nitrogens with two attached hydrogens (primary N) is 1. The van der Waals surface area contributed by atoms with Gasteiger partial charge < -0.3 is 19.0 Å². The van der Waals surface area contributed by atoms with Crippen LogP contribution in [0.2, 0.25) is 0 Å². The van der Waals surface area contributed by atoms with Gasteiger partial charge in [-0.2, -0.15) is 0 Å². The van der Waals surface area contributed by atoms with E-state index < -0.39 is 14.6 Å². The maximum absolute atomic E-state index is 10.8. The Morgan fingerprint density at radius 2 is 2.24 bits per heavy atom. The lowest BCUT2D eigenvalue weighted by molar-refractivity contribution is -0.712. The highest BCUT2D eigenvalue weighted by Gasteiger charge is 2.18. The summed E-state index contributed by atoms with van der Waals surface area (Å²) < 4.78 is 27.0. The van der Waals surface area contributed by atoms with Gasteiger partial charge in [0.2, 0.25) is 5.88 Å². The molecule has 0 aliphatic carbocycles. The molecule has 1 unspecified atom stereocenters. The van der Waals surface area contributed by atoms with Gasteiger partial charge in [0.05, 0.1) is 11.9 Å². The Labute approximate surface area is 166 Å². The van der Waals surface area contributed by atoms with Crippen molar-refractivity contribution in [3.63, 3.8) is 0 Å². The second-order valence-electron chi connectivity index (χ2n) is 5.86. The quantitative estimate of drug-likeness (QED) is 0.307. The molecule has 11 heteroatoms. The number of anilines is 1. The molecule has 0 bridgehead atoms. The van der Waals surface area contributed by atoms with Gasteiger partial charge in [0.1, 0.15) is 5.56 Å². The number of rotatable bonds is 8. The van der Waals surface area contributed by atoms with E-state index in [-0.39, 0.29) is 12.4 Å². The fraction of sp³-hybridized carbons (Fsp3) is 0.167. The summed E-state index contributed by atoms with van der Waals surface area (Å²) in [6.45, 7) is -0.328. The summed E-state index contributed by atoms with van der Waals surface area (Å²) in [5.41, 5.74) is 8.07. The number of hydrogen-bond acceptors (Lipinski definition) is 8. The second-order valence-corrected chi connectivity index (χ2v) is 7.06. The van der Waals surface area contributed by atoms with Crippen molar-refractivity contribution in [2.75, 3.05) is 12.3 Å². The fourth-order valence-electron chi connectivity index (χ4n) is 2.47. The summed E-state index contributed by atoms with van der Waals surface area (Å²) in [5.74, 6) is 3.37. The van der Waals surface area contributed by atoms with E-state index in [0.717, 1.165) is 5.56 Å². The number of hydrogen-bond donors (Lipinski definition) is 2. The molecule has 3 aromatic rings. The Kier molecular flexibility index (Phi) is 6.26. The summed E-state index contributed by atoms with van der Waals surface area (Å²) in [4.78, 5) is 23.7. The molecule has 3 N–H and O–H groups in total. The van der Waals surface area contributed by atoms with Crippen LogP contribution in [0.3, 0.4) is 0 Å². The zero-order valence-corrected chi connectivity index (χ0v) is 16.0. The normalized spacial score (nSPS) is 12.9. The minimum atomic E-state index is -4.87. The van der Waals surface area contributed by atoms with Crippen LogP contribution in [0, 0.1) is 12.3 Å². The Bertz CT molecular complexity index is 1070. The molecule has 3 rings (SSSR count). The van der Waals surface area contributed by atoms with Crippen molar-refractivity contribution in [2.45, 2.75) is 13.2 Å². The number of phosphoric ester groups is 1. The predicted octanol–water partition coefficient (Wildman–Crippen LogP) is 0.644. The third-order valence-electron chi connectivity index (χ3n) is 3.78. The van der Waals surface area contributed by atoms with E-state index in [4.69, 9.17) is 26.3 Å². The van der Waals surface area contributed by atoms with E-state index >= 15 is 0 Å². The van der Waals surface area contributed by atoms with Crippen LogP contribution in [0.4, 0.5) is 5.82 Å². The van der Waals surface area contributed by atoms with Gasteiger partial charge in [0.15, 0.2) is 19.1 Å². The third-order valence-corrected chi connectivity index (χ3v) is 4.23. The molecule has 0 amide bonds. The first-order valence-corrected chi connectivity index (χ1v) is 9.78. The molecular weight excluding hydrogens is 399 g/mol. The van der Waals surface area contributed by atoms with Crippen molar-refractivity contribution in [1.29, 1.82) is 0 Å². The average Bonchev–Trinajstić information content (AvgIpc) is 3.14. The van der Waals surface area contributed by atoms with E-state index in [1.165, 1.54) is 10.8 Å². The Morgan fingerprint density at radius 3 is 2.93 bits per heavy atom. The zero-order valence-electron chi connectivity index (χ0n) is 15.1. The van der Waals surface area contributed by atoms with E-state index in [9.17, 15) is 9.46 Å². The van der Waals surface area contributed by atoms with Gasteiger partial charge >= 0.3 is 0 Å². The number of ether oxygens (including phenoxy) is 1. The first-order chi connectivity index (χ1) is 13.9. The number of pyridine rings is 2. The third kappa shape index (κ3) is 5.63. The van der Waals surface area contributed by atoms with Gasteiger partial charge in [-0.3, -0.25) is 14.8 Å². The lowest BCUT2D eigenvalue weighted by Gasteiger charge is -2.14. The number of nitrogen functional groups attached to an aromatic ring is 1. The fourth-order valence-corrected chi connectivity index (χ4v) is 2.74. The molecule has 0 aromatic carbocycles. The van der Waals surface area contributed by atoms with E-state index in [1.54, 1.807) is 30.5 Å². The van der Waals surface area contributed by atoms with Gasteiger partial charge in [0.25, 0.3) is 13.6 Å². The van der Waals surface area contributed by atoms with Crippen LogP contribution in [-0.4, -0.2) is 21.6 Å². The van der Waals surface area contributed by atoms with Crippen LogP contribution in [0.15, 0.2) is 47.2 Å². The standard InChI is InChI=1S/C18H17N4O6P/c1-2-8-26-17-6-5-13(11-20-17)9-14-10-16(28-21-14)15-4-3-7-22(18(15)19)12-27-29(23,24)25/h1,3-7,10-11,19H,8-9,12H2,(H2,23,24,25). The molecule has 3 aromatic heterocycles. The van der Waals surface area contributed by atoms with Gasteiger partial charge in [-0.25, -0.2) is 9.55 Å². The summed E-state index contributed by atoms with van der Waals surface area (Å²) in [6, 6.07) is 8.57. The van der Waals surface area contributed by atoms with E-state index in [1.807, 2.05) is 6.07 Å². The molecule has 0 fully saturated rings. The number of phosphoric acid groups is 1. The molecule has 1 atom stereocenters. The second kappa shape index (κ2) is 8.86. The predicted molar refractivity (Wildman–Crippen MR) is 98.8 cm³/mol. The minimum absolute atomic E-state index is 0.146. The maximum atomic E-state index is 10.8. The average molecular weight is 416 g/mol. The highest BCUT2D eigenvalue weighted by molar-refractivity contribution is 7.44. The maximum Gasteiger partial charge on any atom is 0.285 e. The summed E-state index contributed by atoms with van der Waals surface area (Å²) >= 11 is 0. The van der Waals surface area contributed by atoms with Gasteiger partial charge in [0, 0.05) is 24.8 Å². The molecule has 0 saturated carbocycles. The van der Waals surface area contributed by atoms with Crippen LogP contribution in [-0.2, 0) is 22.2 Å². The van der Waals surface area contributed by atoms with E-state index in [0.29, 0.717) is 29.3 Å². The first kappa shape index (κ1) is 20.5. The highest BCUT2D eigenvalue weighted by atomic mass is 31.2. The molecule has 3 heterocycles. The van der Waals surface area contributed by atoms with Crippen LogP contribution in [0.5, 0.6) is 5.88 Å². The van der Waals surface area contributed by atoms with Gasteiger partial charge in [-0.1, -0.05) is 17.1 Å². The van der Waals surface area contributed by atoms with Crippen molar-refractivity contribution in [3.8, 4) is 29.5 Å². The highest BCUT2D eigenvalue weighted by Crippen LogP contribution is 2.30. The Morgan fingerprint density at radius 1 is 1.41 bits per heavy atom. The molecular formula is C18H17N4O6P. The molecule has 0 aliphatic rings. The van der Waals surface area contributed by atoms with Crippen LogP contribution in [0.1, 0.15) is 11.3 Å². The molecule has 29 heavy (non-hydrogen) atoms. The lowest BCUT2D eigenvalue weighted by Crippen LogP contribution is -2.38. The molecule has 0 spiro atoms. The van der Waals surface area contributed by atoms with Crippen molar-refractivity contribution in [2.24, 2.45) is 0 Å². The molecule has 0 aliphatic heterocycles. The van der Waals surface area contributed by atoms with Crippen LogP contribution < -0.4 is 19.9 Å². The number of nitrogens with zero attached hydrogens (tertiary/aromatic N) is 3. The lowest BCUT2D eigenvalue weighted by atomic mass is 10.1. The summed E-state index contributed by atoms with van der Waals surface area (Å²) in [5, 5.41) is 4.02. The topological polar surface area (TPSA) is 148 Å². The summed E-state index contributed by atoms with van der Waals surface area (Å²) in [6.07, 6.45) is 8.75. The summed E-state index contributed by atoms with van der Waals surface area (Å²) in [7, 11) is -4.87. The Hall–Kier alpha value is -3.22. The van der Waals surface area contributed by atoms with E-state index in [2.05, 4.69) is 20.6 Å². The molecule has 0 saturated heterocycles. The van der Waals surface area contributed by atoms with Crippen molar-refractivity contribution in [3.05, 3.63) is 54.0 Å². The minimum Gasteiger partial charge on any atom is -0.756 e. The van der Waals surface area contributed by atoms with Crippen LogP contribution >= 0.6 is 7.82 Å². The zero-order chi connectivity index (χ0) is 20.9.